The number of rotatable bonds is 1. The van der Waals surface area contributed by atoms with Crippen LogP contribution in [0.1, 0.15) is 25.7 Å². The van der Waals surface area contributed by atoms with E-state index in [1.54, 1.807) is 0 Å². The molecule has 0 radical (unpaired) electrons. The van der Waals surface area contributed by atoms with Crippen molar-refractivity contribution in [2.75, 3.05) is 13.1 Å². The van der Waals surface area contributed by atoms with Crippen molar-refractivity contribution in [2.24, 2.45) is 0 Å². The topological polar surface area (TPSA) is 52.6 Å². The first-order valence-electron chi connectivity index (χ1n) is 4.99. The van der Waals surface area contributed by atoms with E-state index in [4.69, 9.17) is 5.11 Å². The third kappa shape index (κ3) is 1.94. The molecular formula is C9H16N2O2. The van der Waals surface area contributed by atoms with Crippen LogP contribution in [-0.2, 0) is 0 Å². The summed E-state index contributed by atoms with van der Waals surface area (Å²) in [4.78, 5) is 13.3. The maximum atomic E-state index is 11.5. The number of hydrogen-bond acceptors (Lipinski definition) is 2. The highest BCUT2D eigenvalue weighted by Gasteiger charge is 2.30. The van der Waals surface area contributed by atoms with Gasteiger partial charge in [0.15, 0.2) is 0 Å². The summed E-state index contributed by atoms with van der Waals surface area (Å²) in [6.45, 7) is 1.78. The van der Waals surface area contributed by atoms with Gasteiger partial charge in [0.05, 0.1) is 6.10 Å². The van der Waals surface area contributed by atoms with E-state index in [0.717, 1.165) is 38.8 Å². The molecule has 74 valence electrons. The first kappa shape index (κ1) is 8.81. The summed E-state index contributed by atoms with van der Waals surface area (Å²) in [6, 6.07) is 0.262. The van der Waals surface area contributed by atoms with Crippen molar-refractivity contribution in [1.29, 1.82) is 0 Å². The van der Waals surface area contributed by atoms with Crippen molar-refractivity contribution in [3.63, 3.8) is 0 Å². The van der Waals surface area contributed by atoms with Gasteiger partial charge in [0.1, 0.15) is 0 Å². The summed E-state index contributed by atoms with van der Waals surface area (Å²) in [7, 11) is 0. The fourth-order valence-corrected chi connectivity index (χ4v) is 1.89. The van der Waals surface area contributed by atoms with Gasteiger partial charge in [-0.3, -0.25) is 0 Å². The molecule has 1 heterocycles. The molecule has 13 heavy (non-hydrogen) atoms. The number of likely N-dealkylation sites (tertiary alicyclic amines) is 1. The fourth-order valence-electron chi connectivity index (χ4n) is 1.89. The minimum Gasteiger partial charge on any atom is -0.393 e. The van der Waals surface area contributed by atoms with Gasteiger partial charge < -0.3 is 15.3 Å². The molecule has 0 aromatic rings. The summed E-state index contributed by atoms with van der Waals surface area (Å²) in [5.74, 6) is 0. The van der Waals surface area contributed by atoms with Crippen LogP contribution in [0, 0.1) is 0 Å². The van der Waals surface area contributed by atoms with Gasteiger partial charge in [0, 0.05) is 19.1 Å². The Morgan fingerprint density at radius 2 is 1.92 bits per heavy atom. The van der Waals surface area contributed by atoms with Gasteiger partial charge in [-0.15, -0.1) is 0 Å². The monoisotopic (exact) mass is 184 g/mol. The Bertz CT molecular complexity index is 196. The summed E-state index contributed by atoms with van der Waals surface area (Å²) in [5, 5.41) is 11.9. The molecule has 2 aliphatic rings. The molecule has 4 nitrogen and oxygen atoms in total. The molecule has 2 amide bonds. The van der Waals surface area contributed by atoms with Crippen molar-refractivity contribution in [3.8, 4) is 0 Å². The molecule has 1 aliphatic carbocycles. The maximum Gasteiger partial charge on any atom is 0.317 e. The van der Waals surface area contributed by atoms with Gasteiger partial charge in [-0.05, 0) is 25.7 Å². The van der Waals surface area contributed by atoms with Crippen LogP contribution in [-0.4, -0.2) is 41.3 Å². The van der Waals surface area contributed by atoms with Crippen molar-refractivity contribution in [2.45, 2.75) is 37.8 Å². The van der Waals surface area contributed by atoms with Gasteiger partial charge in [0.2, 0.25) is 0 Å². The van der Waals surface area contributed by atoms with E-state index < -0.39 is 0 Å². The summed E-state index contributed by atoms with van der Waals surface area (Å²) >= 11 is 0. The zero-order chi connectivity index (χ0) is 9.26. The minimum atomic E-state index is -0.191. The Labute approximate surface area is 77.9 Å². The van der Waals surface area contributed by atoms with Crippen LogP contribution in [0.2, 0.25) is 0 Å². The molecule has 2 N–H and O–H groups in total. The first-order valence-corrected chi connectivity index (χ1v) is 4.99. The number of amides is 2. The maximum absolute atomic E-state index is 11.5. The van der Waals surface area contributed by atoms with Crippen LogP contribution in [0.4, 0.5) is 4.79 Å². The summed E-state index contributed by atoms with van der Waals surface area (Å²) < 4.78 is 0. The van der Waals surface area contributed by atoms with E-state index in [1.165, 1.54) is 0 Å². The van der Waals surface area contributed by atoms with Crippen molar-refractivity contribution >= 4 is 6.03 Å². The summed E-state index contributed by atoms with van der Waals surface area (Å²) in [6.07, 6.45) is 3.50. The average molecular weight is 184 g/mol. The summed E-state index contributed by atoms with van der Waals surface area (Å²) in [5.41, 5.74) is 0. The Kier molecular flexibility index (Phi) is 2.40. The molecule has 2 rings (SSSR count). The molecule has 1 saturated heterocycles. The number of nitrogens with one attached hydrogen (secondary N) is 1. The van der Waals surface area contributed by atoms with E-state index in [2.05, 4.69) is 5.32 Å². The highest BCUT2D eigenvalue weighted by atomic mass is 16.3. The predicted molar refractivity (Wildman–Crippen MR) is 48.4 cm³/mol. The normalized spacial score (nSPS) is 32.8. The number of hydrogen-bond donors (Lipinski definition) is 2. The molecule has 1 aliphatic heterocycles. The average Bonchev–Trinajstić information content (AvgIpc) is 2.53. The van der Waals surface area contributed by atoms with Crippen LogP contribution in [0.15, 0.2) is 0 Å². The largest absolute Gasteiger partial charge is 0.393 e. The lowest BCUT2D eigenvalue weighted by molar-refractivity contribution is 0.0641. The van der Waals surface area contributed by atoms with Crippen molar-refractivity contribution in [3.05, 3.63) is 0 Å². The first-order chi connectivity index (χ1) is 6.25. The van der Waals surface area contributed by atoms with E-state index in [1.807, 2.05) is 4.90 Å². The molecular weight excluding hydrogens is 168 g/mol. The Morgan fingerprint density at radius 1 is 1.31 bits per heavy atom. The van der Waals surface area contributed by atoms with Gasteiger partial charge >= 0.3 is 6.03 Å². The lowest BCUT2D eigenvalue weighted by Crippen LogP contribution is -2.50. The smallest absolute Gasteiger partial charge is 0.317 e. The second kappa shape index (κ2) is 3.54. The number of aliphatic hydroxyl groups is 1. The number of aliphatic hydroxyl groups excluding tert-OH is 1. The quantitative estimate of drug-likeness (QED) is 0.616. The molecule has 2 fully saturated rings. The third-order valence-corrected chi connectivity index (χ3v) is 2.83. The van der Waals surface area contributed by atoms with E-state index in [-0.39, 0.29) is 18.2 Å². The molecule has 0 atom stereocenters. The fraction of sp³-hybridized carbons (Fsp3) is 0.889. The number of carbonyl (C=O) groups excluding carboxylic acids is 1. The SMILES string of the molecule is O=C(NC1CC(O)C1)N1CCCC1. The van der Waals surface area contributed by atoms with Crippen LogP contribution in [0.3, 0.4) is 0 Å². The molecule has 0 aromatic carbocycles. The van der Waals surface area contributed by atoms with Gasteiger partial charge in [-0.2, -0.15) is 0 Å². The van der Waals surface area contributed by atoms with Gasteiger partial charge in [-0.1, -0.05) is 0 Å². The third-order valence-electron chi connectivity index (χ3n) is 2.83. The molecule has 1 saturated carbocycles. The van der Waals surface area contributed by atoms with Gasteiger partial charge in [0.25, 0.3) is 0 Å². The molecule has 0 spiro atoms. The van der Waals surface area contributed by atoms with Crippen molar-refractivity contribution in [1.82, 2.24) is 10.2 Å². The number of nitrogens with zero attached hydrogens (tertiary/aromatic N) is 1. The second-order valence-corrected chi connectivity index (χ2v) is 3.97. The van der Waals surface area contributed by atoms with Crippen LogP contribution < -0.4 is 5.32 Å². The standard InChI is InChI=1S/C9H16N2O2/c12-8-5-7(6-8)10-9(13)11-3-1-2-4-11/h7-8,12H,1-6H2,(H,10,13). The minimum absolute atomic E-state index is 0.0504. The van der Waals surface area contributed by atoms with Gasteiger partial charge in [-0.25, -0.2) is 4.79 Å². The molecule has 0 aromatic heterocycles. The lowest BCUT2D eigenvalue weighted by atomic mass is 9.90. The molecule has 0 unspecified atom stereocenters. The number of carbonyl (C=O) groups is 1. The van der Waals surface area contributed by atoms with Crippen LogP contribution >= 0.6 is 0 Å². The Morgan fingerprint density at radius 3 is 2.46 bits per heavy atom. The highest BCUT2D eigenvalue weighted by Crippen LogP contribution is 2.20. The van der Waals surface area contributed by atoms with E-state index >= 15 is 0 Å². The Balaban J connectivity index is 1.72. The zero-order valence-corrected chi connectivity index (χ0v) is 7.70. The van der Waals surface area contributed by atoms with Crippen LogP contribution in [0.25, 0.3) is 0 Å². The Hall–Kier alpha value is -0.770. The zero-order valence-electron chi connectivity index (χ0n) is 7.70. The second-order valence-electron chi connectivity index (χ2n) is 3.97. The highest BCUT2D eigenvalue weighted by molar-refractivity contribution is 5.74. The molecule has 4 heteroatoms. The van der Waals surface area contributed by atoms with E-state index in [9.17, 15) is 4.79 Å². The van der Waals surface area contributed by atoms with Crippen LogP contribution in [0.5, 0.6) is 0 Å². The van der Waals surface area contributed by atoms with Crippen molar-refractivity contribution < 1.29 is 9.90 Å². The lowest BCUT2D eigenvalue weighted by Gasteiger charge is -2.33. The molecule has 0 bridgehead atoms. The van der Waals surface area contributed by atoms with E-state index in [0.29, 0.717) is 0 Å². The number of urea groups is 1. The predicted octanol–water partition coefficient (Wildman–Crippen LogP) is 0.315.